The van der Waals surface area contributed by atoms with Crippen LogP contribution in [0.15, 0.2) is 118 Å². The van der Waals surface area contributed by atoms with Crippen LogP contribution in [0.5, 0.6) is 0 Å². The van der Waals surface area contributed by atoms with E-state index in [0.717, 1.165) is 39.0 Å². The lowest BCUT2D eigenvalue weighted by Gasteiger charge is -2.21. The first-order valence-electron chi connectivity index (χ1n) is 11.0. The van der Waals surface area contributed by atoms with Crippen molar-refractivity contribution in [1.82, 2.24) is 0 Å². The average Bonchev–Trinajstić information content (AvgIpc) is 3.12. The molecule has 0 spiro atoms. The van der Waals surface area contributed by atoms with E-state index in [4.69, 9.17) is 9.47 Å². The summed E-state index contributed by atoms with van der Waals surface area (Å²) in [6.07, 6.45) is 7.68. The fourth-order valence-electron chi connectivity index (χ4n) is 4.37. The number of rotatable bonds is 4. The molecule has 0 atom stereocenters. The van der Waals surface area contributed by atoms with Crippen LogP contribution in [0.1, 0.15) is 25.0 Å². The minimum absolute atomic E-state index is 0.160. The summed E-state index contributed by atoms with van der Waals surface area (Å²) in [4.78, 5) is 26.2. The maximum absolute atomic E-state index is 13.3. The van der Waals surface area contributed by atoms with Crippen molar-refractivity contribution in [2.75, 3.05) is 14.2 Å². The molecule has 34 heavy (non-hydrogen) atoms. The minimum atomic E-state index is -0.596. The molecule has 0 heterocycles. The van der Waals surface area contributed by atoms with Crippen LogP contribution in [-0.2, 0) is 19.1 Å². The van der Waals surface area contributed by atoms with Crippen molar-refractivity contribution in [2.24, 2.45) is 0 Å². The molecule has 0 saturated carbocycles. The Morgan fingerprint density at radius 2 is 1.26 bits per heavy atom. The fraction of sp³-hybridized carbons (Fsp3) is 0.133. The lowest BCUT2D eigenvalue weighted by molar-refractivity contribution is -0.139. The van der Waals surface area contributed by atoms with Crippen LogP contribution >= 0.6 is 0 Å². The predicted octanol–water partition coefficient (Wildman–Crippen LogP) is 6.01. The highest BCUT2D eigenvalue weighted by Crippen LogP contribution is 2.45. The molecule has 0 amide bonds. The Hall–Kier alpha value is -4.18. The van der Waals surface area contributed by atoms with Crippen LogP contribution in [-0.4, -0.2) is 26.2 Å². The molecule has 0 aliphatic heterocycles. The van der Waals surface area contributed by atoms with Crippen molar-refractivity contribution >= 4 is 23.1 Å². The molecular weight excluding hydrogens is 424 g/mol. The van der Waals surface area contributed by atoms with E-state index in [1.807, 2.05) is 80.6 Å². The van der Waals surface area contributed by atoms with Crippen LogP contribution < -0.4 is 0 Å². The van der Waals surface area contributed by atoms with Crippen molar-refractivity contribution in [3.63, 3.8) is 0 Å². The van der Waals surface area contributed by atoms with E-state index < -0.39 is 11.9 Å². The van der Waals surface area contributed by atoms with Gasteiger partial charge in [0.1, 0.15) is 0 Å². The van der Waals surface area contributed by atoms with Crippen LogP contribution in [0.4, 0.5) is 0 Å². The van der Waals surface area contributed by atoms with Gasteiger partial charge in [-0.1, -0.05) is 78.9 Å². The number of hydrogen-bond acceptors (Lipinski definition) is 4. The first-order valence-corrected chi connectivity index (χ1v) is 11.0. The highest BCUT2D eigenvalue weighted by Gasteiger charge is 2.33. The molecule has 0 saturated heterocycles. The van der Waals surface area contributed by atoms with Gasteiger partial charge >= 0.3 is 11.9 Å². The molecule has 170 valence electrons. The number of benzene rings is 2. The summed E-state index contributed by atoms with van der Waals surface area (Å²) in [6, 6.07) is 19.9. The van der Waals surface area contributed by atoms with E-state index in [0.29, 0.717) is 5.57 Å². The number of ether oxygens (including phenoxy) is 2. The zero-order valence-electron chi connectivity index (χ0n) is 19.7. The van der Waals surface area contributed by atoms with Crippen LogP contribution in [0.25, 0.3) is 11.1 Å². The third-order valence-electron chi connectivity index (χ3n) is 5.91. The maximum atomic E-state index is 13.3. The van der Waals surface area contributed by atoms with Gasteiger partial charge in [-0.25, -0.2) is 9.59 Å². The Balaban J connectivity index is 2.21. The molecule has 4 nitrogen and oxygen atoms in total. The highest BCUT2D eigenvalue weighted by molar-refractivity contribution is 6.13. The van der Waals surface area contributed by atoms with Crippen LogP contribution in [0.2, 0.25) is 0 Å². The Labute approximate surface area is 199 Å². The molecule has 2 aromatic carbocycles. The third kappa shape index (κ3) is 4.23. The Morgan fingerprint density at radius 1 is 0.676 bits per heavy atom. The molecule has 0 aromatic heterocycles. The second-order valence-electron chi connectivity index (χ2n) is 8.13. The minimum Gasteiger partial charge on any atom is -0.465 e. The summed E-state index contributed by atoms with van der Waals surface area (Å²) in [5, 5.41) is 0. The van der Waals surface area contributed by atoms with Gasteiger partial charge in [-0.05, 0) is 58.9 Å². The summed E-state index contributed by atoms with van der Waals surface area (Å²) in [5.74, 6) is -1.19. The van der Waals surface area contributed by atoms with E-state index in [-0.39, 0.29) is 11.1 Å². The van der Waals surface area contributed by atoms with E-state index >= 15 is 0 Å². The van der Waals surface area contributed by atoms with Crippen molar-refractivity contribution < 1.29 is 19.1 Å². The predicted molar refractivity (Wildman–Crippen MR) is 134 cm³/mol. The quantitative estimate of drug-likeness (QED) is 0.535. The molecule has 0 unspecified atom stereocenters. The molecule has 2 aromatic rings. The Kier molecular flexibility index (Phi) is 6.60. The van der Waals surface area contributed by atoms with E-state index in [2.05, 4.69) is 12.2 Å². The second-order valence-corrected chi connectivity index (χ2v) is 8.13. The van der Waals surface area contributed by atoms with Crippen LogP contribution in [0, 0.1) is 0 Å². The molecule has 4 heteroatoms. The molecule has 0 N–H and O–H groups in total. The van der Waals surface area contributed by atoms with Gasteiger partial charge in [0.05, 0.1) is 25.4 Å². The smallest absolute Gasteiger partial charge is 0.339 e. The lowest BCUT2D eigenvalue weighted by Crippen LogP contribution is -2.18. The average molecular weight is 451 g/mol. The molecule has 2 aliphatic carbocycles. The van der Waals surface area contributed by atoms with Gasteiger partial charge in [-0.2, -0.15) is 0 Å². The van der Waals surface area contributed by atoms with Crippen molar-refractivity contribution in [3.05, 3.63) is 130 Å². The van der Waals surface area contributed by atoms with Gasteiger partial charge in [0.15, 0.2) is 0 Å². The lowest BCUT2D eigenvalue weighted by atomic mass is 9.82. The second kappa shape index (κ2) is 9.75. The summed E-state index contributed by atoms with van der Waals surface area (Å²) < 4.78 is 10.3. The maximum Gasteiger partial charge on any atom is 0.339 e. The SMILES string of the molecule is COC(=O)C1=CC=C(C)C2=C(c3ccccc3)C=C(C)C=C(c3ccccc3)C2=C1C(=O)OC. The third-order valence-corrected chi connectivity index (χ3v) is 5.91. The zero-order valence-corrected chi connectivity index (χ0v) is 19.7. The number of carbonyl (C=O) groups excluding carboxylic acids is 2. The van der Waals surface area contributed by atoms with Crippen molar-refractivity contribution in [1.29, 1.82) is 0 Å². The van der Waals surface area contributed by atoms with Gasteiger partial charge in [0.2, 0.25) is 0 Å². The molecule has 0 radical (unpaired) electrons. The number of allylic oxidation sites excluding steroid dienone is 10. The standard InChI is InChI=1S/C30H26O4/c1-19-17-24(21-11-7-5-8-12-21)26-20(2)15-16-23(29(31)33-3)28(30(32)34-4)27(26)25(18-19)22-13-9-6-10-14-22/h5-18H,1-4H3. The first kappa shape index (κ1) is 23.0. The molecule has 2 aliphatic rings. The number of hydrogen-bond donors (Lipinski definition) is 0. The van der Waals surface area contributed by atoms with Crippen LogP contribution in [0.3, 0.4) is 0 Å². The topological polar surface area (TPSA) is 52.6 Å². The first-order chi connectivity index (χ1) is 16.5. The normalized spacial score (nSPS) is 15.8. The molecular formula is C30H26O4. The van der Waals surface area contributed by atoms with Gasteiger partial charge < -0.3 is 9.47 Å². The number of methoxy groups -OCH3 is 2. The van der Waals surface area contributed by atoms with Gasteiger partial charge in [0.25, 0.3) is 0 Å². The summed E-state index contributed by atoms with van der Waals surface area (Å²) in [6.45, 7) is 4.02. The summed E-state index contributed by atoms with van der Waals surface area (Å²) in [5.41, 5.74) is 7.53. The fourth-order valence-corrected chi connectivity index (χ4v) is 4.37. The molecule has 0 fully saturated rings. The number of esters is 2. The number of carbonyl (C=O) groups is 2. The van der Waals surface area contributed by atoms with Crippen molar-refractivity contribution in [3.8, 4) is 0 Å². The van der Waals surface area contributed by atoms with E-state index in [1.165, 1.54) is 14.2 Å². The van der Waals surface area contributed by atoms with E-state index in [9.17, 15) is 9.59 Å². The van der Waals surface area contributed by atoms with Gasteiger partial charge in [-0.3, -0.25) is 0 Å². The molecule has 4 rings (SSSR count). The largest absolute Gasteiger partial charge is 0.465 e. The molecule has 0 bridgehead atoms. The Morgan fingerprint density at radius 3 is 1.85 bits per heavy atom. The number of fused-ring (bicyclic) bond motifs is 1. The van der Waals surface area contributed by atoms with Gasteiger partial charge in [-0.15, -0.1) is 0 Å². The van der Waals surface area contributed by atoms with E-state index in [1.54, 1.807) is 6.08 Å². The summed E-state index contributed by atoms with van der Waals surface area (Å²) in [7, 11) is 2.63. The Bertz CT molecular complexity index is 1330. The summed E-state index contributed by atoms with van der Waals surface area (Å²) >= 11 is 0. The van der Waals surface area contributed by atoms with Gasteiger partial charge in [0, 0.05) is 5.57 Å². The highest BCUT2D eigenvalue weighted by atomic mass is 16.5. The monoisotopic (exact) mass is 450 g/mol. The van der Waals surface area contributed by atoms with Crippen molar-refractivity contribution in [2.45, 2.75) is 13.8 Å². The zero-order chi connectivity index (χ0) is 24.2.